The van der Waals surface area contributed by atoms with Crippen molar-refractivity contribution in [3.8, 4) is 17.2 Å². The Morgan fingerprint density at radius 3 is 2.48 bits per heavy atom. The molecule has 2 aromatic carbocycles. The van der Waals surface area contributed by atoms with Gasteiger partial charge < -0.3 is 19.5 Å². The summed E-state index contributed by atoms with van der Waals surface area (Å²) in [6.07, 6.45) is 1.44. The summed E-state index contributed by atoms with van der Waals surface area (Å²) in [6, 6.07) is 14.1. The number of ether oxygens (including phenoxy) is 3. The minimum absolute atomic E-state index is 0.177. The Balaban J connectivity index is 1.74. The molecule has 8 nitrogen and oxygen atoms in total. The molecule has 0 bridgehead atoms. The molecule has 0 radical (unpaired) electrons. The molecule has 0 saturated carbocycles. The number of nitrogens with zero attached hydrogens (tertiary/aromatic N) is 1. The van der Waals surface area contributed by atoms with Crippen LogP contribution in [-0.4, -0.2) is 45.4 Å². The molecule has 0 fully saturated rings. The molecular formula is C19H21N3O5. The van der Waals surface area contributed by atoms with Crippen molar-refractivity contribution >= 4 is 18.0 Å². The van der Waals surface area contributed by atoms with E-state index in [0.717, 1.165) is 0 Å². The summed E-state index contributed by atoms with van der Waals surface area (Å²) in [6.45, 7) is -0.391. The number of benzene rings is 2. The van der Waals surface area contributed by atoms with Crippen molar-refractivity contribution in [2.45, 2.75) is 0 Å². The fourth-order valence-electron chi connectivity index (χ4n) is 2.03. The summed E-state index contributed by atoms with van der Waals surface area (Å²) in [5.74, 6) is 0.906. The van der Waals surface area contributed by atoms with Gasteiger partial charge in [0.05, 0.1) is 27.0 Å². The zero-order valence-electron chi connectivity index (χ0n) is 15.1. The fourth-order valence-corrected chi connectivity index (χ4v) is 2.03. The lowest BCUT2D eigenvalue weighted by Crippen LogP contribution is -2.37. The summed E-state index contributed by atoms with van der Waals surface area (Å²) in [5, 5.41) is 6.30. The molecular weight excluding hydrogens is 350 g/mol. The number of hydrazone groups is 1. The van der Waals surface area contributed by atoms with Gasteiger partial charge in [-0.05, 0) is 24.3 Å². The minimum Gasteiger partial charge on any atom is -0.497 e. The molecule has 2 rings (SSSR count). The Labute approximate surface area is 157 Å². The highest BCUT2D eigenvalue weighted by atomic mass is 16.5. The lowest BCUT2D eigenvalue weighted by atomic mass is 10.2. The van der Waals surface area contributed by atoms with Crippen molar-refractivity contribution in [2.75, 3.05) is 27.4 Å². The van der Waals surface area contributed by atoms with Crippen LogP contribution in [0.5, 0.6) is 17.2 Å². The van der Waals surface area contributed by atoms with Crippen molar-refractivity contribution in [3.63, 3.8) is 0 Å². The number of carbonyl (C=O) groups is 2. The Bertz CT molecular complexity index is 793. The molecule has 2 amide bonds. The molecule has 0 unspecified atom stereocenters. The van der Waals surface area contributed by atoms with Gasteiger partial charge in [0.1, 0.15) is 17.2 Å². The van der Waals surface area contributed by atoms with Gasteiger partial charge in [-0.25, -0.2) is 5.43 Å². The minimum atomic E-state index is -0.466. The van der Waals surface area contributed by atoms with E-state index in [9.17, 15) is 9.59 Å². The number of para-hydroxylation sites is 1. The zero-order valence-corrected chi connectivity index (χ0v) is 15.1. The number of nitrogens with one attached hydrogen (secondary N) is 2. The Kier molecular flexibility index (Phi) is 7.65. The molecule has 0 aliphatic rings. The predicted octanol–water partition coefficient (Wildman–Crippen LogP) is 1.35. The predicted molar refractivity (Wildman–Crippen MR) is 100 cm³/mol. The first-order valence-electron chi connectivity index (χ1n) is 8.11. The fraction of sp³-hybridized carbons (Fsp3) is 0.211. The molecule has 8 heteroatoms. The number of hydrogen-bond acceptors (Lipinski definition) is 6. The Morgan fingerprint density at radius 2 is 1.78 bits per heavy atom. The Hall–Kier alpha value is -3.55. The molecule has 0 aliphatic carbocycles. The van der Waals surface area contributed by atoms with E-state index < -0.39 is 11.8 Å². The molecule has 0 heterocycles. The molecule has 2 aromatic rings. The maximum Gasteiger partial charge on any atom is 0.259 e. The van der Waals surface area contributed by atoms with Crippen molar-refractivity contribution in [2.24, 2.45) is 5.10 Å². The highest BCUT2D eigenvalue weighted by Gasteiger charge is 2.06. The first-order chi connectivity index (χ1) is 13.1. The first-order valence-corrected chi connectivity index (χ1v) is 8.11. The van der Waals surface area contributed by atoms with Gasteiger partial charge in [-0.15, -0.1) is 0 Å². The van der Waals surface area contributed by atoms with Crippen LogP contribution in [0.4, 0.5) is 0 Å². The normalized spacial score (nSPS) is 10.3. The van der Waals surface area contributed by atoms with Crippen molar-refractivity contribution < 1.29 is 23.8 Å². The van der Waals surface area contributed by atoms with Crippen LogP contribution in [0, 0.1) is 0 Å². The highest BCUT2D eigenvalue weighted by molar-refractivity contribution is 5.87. The van der Waals surface area contributed by atoms with Crippen LogP contribution in [0.25, 0.3) is 0 Å². The second kappa shape index (κ2) is 10.4. The van der Waals surface area contributed by atoms with E-state index in [2.05, 4.69) is 15.8 Å². The quantitative estimate of drug-likeness (QED) is 0.512. The second-order valence-corrected chi connectivity index (χ2v) is 5.28. The number of methoxy groups -OCH3 is 2. The van der Waals surface area contributed by atoms with E-state index in [1.54, 1.807) is 49.6 Å². The third-order valence-electron chi connectivity index (χ3n) is 3.39. The van der Waals surface area contributed by atoms with Gasteiger partial charge in [0.25, 0.3) is 11.8 Å². The second-order valence-electron chi connectivity index (χ2n) is 5.28. The smallest absolute Gasteiger partial charge is 0.259 e. The average molecular weight is 371 g/mol. The van der Waals surface area contributed by atoms with E-state index in [1.165, 1.54) is 13.3 Å². The van der Waals surface area contributed by atoms with E-state index >= 15 is 0 Å². The third kappa shape index (κ3) is 6.69. The summed E-state index contributed by atoms with van der Waals surface area (Å²) in [5.41, 5.74) is 2.99. The number of amides is 2. The van der Waals surface area contributed by atoms with Crippen LogP contribution in [0.2, 0.25) is 0 Å². The van der Waals surface area contributed by atoms with Crippen LogP contribution in [0.1, 0.15) is 5.56 Å². The lowest BCUT2D eigenvalue weighted by molar-refractivity contribution is -0.127. The molecule has 27 heavy (non-hydrogen) atoms. The summed E-state index contributed by atoms with van der Waals surface area (Å²) < 4.78 is 15.6. The number of hydrogen-bond donors (Lipinski definition) is 2. The van der Waals surface area contributed by atoms with Crippen LogP contribution >= 0.6 is 0 Å². The largest absolute Gasteiger partial charge is 0.497 e. The van der Waals surface area contributed by atoms with Gasteiger partial charge in [0.15, 0.2) is 6.61 Å². The zero-order chi connectivity index (χ0) is 19.5. The van der Waals surface area contributed by atoms with Gasteiger partial charge in [-0.1, -0.05) is 18.2 Å². The van der Waals surface area contributed by atoms with Crippen LogP contribution in [0.15, 0.2) is 53.6 Å². The van der Waals surface area contributed by atoms with Crippen molar-refractivity contribution in [1.82, 2.24) is 10.7 Å². The van der Waals surface area contributed by atoms with Crippen LogP contribution < -0.4 is 25.0 Å². The first kappa shape index (κ1) is 19.8. The molecule has 0 aliphatic heterocycles. The van der Waals surface area contributed by atoms with Crippen molar-refractivity contribution in [1.29, 1.82) is 0 Å². The maximum atomic E-state index is 11.7. The molecule has 0 atom stereocenters. The van der Waals surface area contributed by atoms with Crippen molar-refractivity contribution in [3.05, 3.63) is 54.1 Å². The molecule has 0 spiro atoms. The standard InChI is InChI=1S/C19H21N3O5/c1-25-16-9-8-14(17(10-16)26-2)11-21-22-18(23)12-20-19(24)13-27-15-6-4-3-5-7-15/h3-11H,12-13H2,1-2H3,(H,20,24)(H,22,23)/b21-11+. The van der Waals surface area contributed by atoms with E-state index in [0.29, 0.717) is 22.8 Å². The van der Waals surface area contributed by atoms with Crippen LogP contribution in [-0.2, 0) is 9.59 Å². The summed E-state index contributed by atoms with van der Waals surface area (Å²) in [7, 11) is 3.08. The number of carbonyl (C=O) groups excluding carboxylic acids is 2. The van der Waals surface area contributed by atoms with E-state index in [4.69, 9.17) is 14.2 Å². The van der Waals surface area contributed by atoms with Crippen LogP contribution in [0.3, 0.4) is 0 Å². The van der Waals surface area contributed by atoms with Gasteiger partial charge >= 0.3 is 0 Å². The Morgan fingerprint density at radius 1 is 1.00 bits per heavy atom. The van der Waals surface area contributed by atoms with Gasteiger partial charge in [-0.3, -0.25) is 9.59 Å². The lowest BCUT2D eigenvalue weighted by Gasteiger charge is -2.07. The average Bonchev–Trinajstić information content (AvgIpc) is 2.71. The van der Waals surface area contributed by atoms with E-state index in [1.807, 2.05) is 6.07 Å². The van der Waals surface area contributed by atoms with Gasteiger partial charge in [0, 0.05) is 11.6 Å². The molecule has 142 valence electrons. The topological polar surface area (TPSA) is 98.2 Å². The number of rotatable bonds is 9. The summed E-state index contributed by atoms with van der Waals surface area (Å²) in [4.78, 5) is 23.4. The molecule has 0 aromatic heterocycles. The summed E-state index contributed by atoms with van der Waals surface area (Å²) >= 11 is 0. The van der Waals surface area contributed by atoms with Gasteiger partial charge in [-0.2, -0.15) is 5.10 Å². The SMILES string of the molecule is COc1ccc(/C=N/NC(=O)CNC(=O)COc2ccccc2)c(OC)c1. The van der Waals surface area contributed by atoms with Gasteiger partial charge in [0.2, 0.25) is 0 Å². The highest BCUT2D eigenvalue weighted by Crippen LogP contribution is 2.22. The molecule has 0 saturated heterocycles. The van der Waals surface area contributed by atoms with E-state index in [-0.39, 0.29) is 13.2 Å². The third-order valence-corrected chi connectivity index (χ3v) is 3.39. The molecule has 2 N–H and O–H groups in total. The monoisotopic (exact) mass is 371 g/mol. The maximum absolute atomic E-state index is 11.7.